The monoisotopic (exact) mass is 211 g/mol. The van der Waals surface area contributed by atoms with E-state index in [9.17, 15) is 4.79 Å². The van der Waals surface area contributed by atoms with Crippen molar-refractivity contribution in [1.29, 1.82) is 0 Å². The molecular formula is C10H18BNO3. The van der Waals surface area contributed by atoms with Crippen LogP contribution < -0.4 is 11.2 Å². The van der Waals surface area contributed by atoms with E-state index >= 15 is 0 Å². The Morgan fingerprint density at radius 3 is 2.33 bits per heavy atom. The Bertz CT molecular complexity index is 279. The zero-order chi connectivity index (χ0) is 9.68. The lowest BCUT2D eigenvalue weighted by Crippen LogP contribution is -2.24. The van der Waals surface area contributed by atoms with Crippen molar-refractivity contribution in [3.05, 3.63) is 30.3 Å². The second-order valence-electron chi connectivity index (χ2n) is 3.33. The molecule has 5 heteroatoms. The number of carbonyl (C=O) groups excluding carboxylic acids is 1. The second kappa shape index (κ2) is 8.02. The summed E-state index contributed by atoms with van der Waals surface area (Å²) in [7, 11) is 0.922. The Labute approximate surface area is 90.3 Å². The minimum atomic E-state index is -0.212. The zero-order valence-corrected chi connectivity index (χ0v) is 8.86. The van der Waals surface area contributed by atoms with Crippen LogP contribution in [0, 0.1) is 5.92 Å². The highest BCUT2D eigenvalue weighted by molar-refractivity contribution is 6.53. The van der Waals surface area contributed by atoms with Crippen LogP contribution in [0.5, 0.6) is 0 Å². The van der Waals surface area contributed by atoms with Crippen molar-refractivity contribution in [3.8, 4) is 0 Å². The minimum absolute atomic E-state index is 0. The molecule has 1 amide bonds. The van der Waals surface area contributed by atoms with Crippen molar-refractivity contribution in [1.82, 2.24) is 0 Å². The molecule has 0 saturated carbocycles. The van der Waals surface area contributed by atoms with Gasteiger partial charge in [-0.05, 0) is 0 Å². The van der Waals surface area contributed by atoms with E-state index in [0.29, 0.717) is 0 Å². The summed E-state index contributed by atoms with van der Waals surface area (Å²) in [5.74, 6) is -0.240. The van der Waals surface area contributed by atoms with Gasteiger partial charge in [0.1, 0.15) is 0 Å². The summed E-state index contributed by atoms with van der Waals surface area (Å²) < 4.78 is 0. The average Bonchev–Trinajstić information content (AvgIpc) is 2.15. The molecular weight excluding hydrogens is 193 g/mol. The molecule has 1 rings (SSSR count). The third kappa shape index (κ3) is 5.88. The van der Waals surface area contributed by atoms with Crippen molar-refractivity contribution < 1.29 is 15.7 Å². The van der Waals surface area contributed by atoms with Gasteiger partial charge in [0.05, 0.1) is 0 Å². The van der Waals surface area contributed by atoms with Gasteiger partial charge in [0, 0.05) is 5.92 Å². The van der Waals surface area contributed by atoms with Gasteiger partial charge in [-0.15, -0.1) is 0 Å². The third-order valence-electron chi connectivity index (χ3n) is 2.19. The molecule has 0 aromatic heterocycles. The average molecular weight is 211 g/mol. The van der Waals surface area contributed by atoms with Gasteiger partial charge in [0.15, 0.2) is 7.28 Å². The van der Waals surface area contributed by atoms with Crippen molar-refractivity contribution in [3.63, 3.8) is 0 Å². The summed E-state index contributed by atoms with van der Waals surface area (Å²) in [6, 6.07) is 10.1. The Kier molecular flexibility index (Phi) is 8.62. The fourth-order valence-electron chi connectivity index (χ4n) is 1.17. The summed E-state index contributed by atoms with van der Waals surface area (Å²) in [5, 5.41) is 0. The van der Waals surface area contributed by atoms with Gasteiger partial charge in [0.2, 0.25) is 5.91 Å². The zero-order valence-electron chi connectivity index (χ0n) is 8.86. The van der Waals surface area contributed by atoms with Crippen LogP contribution in [0.25, 0.3) is 0 Å². The van der Waals surface area contributed by atoms with E-state index in [0.717, 1.165) is 13.6 Å². The van der Waals surface area contributed by atoms with Crippen LogP contribution in [0.2, 0.25) is 6.32 Å². The molecule has 1 aromatic carbocycles. The molecule has 1 atom stereocenters. The number of amides is 1. The smallest absolute Gasteiger partial charge is 0.219 e. The van der Waals surface area contributed by atoms with Crippen LogP contribution in [0.15, 0.2) is 30.3 Å². The molecule has 1 aromatic rings. The first-order valence-electron chi connectivity index (χ1n) is 4.53. The number of hydrogen-bond acceptors (Lipinski definition) is 1. The first kappa shape index (κ1) is 16.1. The number of carbonyl (C=O) groups is 1. The molecule has 6 N–H and O–H groups in total. The largest absolute Gasteiger partial charge is 0.412 e. The molecule has 4 nitrogen and oxygen atoms in total. The Morgan fingerprint density at radius 2 is 1.87 bits per heavy atom. The fraction of sp³-hybridized carbons (Fsp3) is 0.300. The SMILES string of the molecule is CC(CBc1ccccc1)C(N)=O.O.O. The van der Waals surface area contributed by atoms with E-state index in [2.05, 4.69) is 12.1 Å². The molecule has 0 heterocycles. The van der Waals surface area contributed by atoms with Crippen molar-refractivity contribution in [2.75, 3.05) is 0 Å². The van der Waals surface area contributed by atoms with E-state index in [1.807, 2.05) is 25.1 Å². The lowest BCUT2D eigenvalue weighted by molar-refractivity contribution is -0.120. The van der Waals surface area contributed by atoms with Gasteiger partial charge < -0.3 is 16.7 Å². The Hall–Kier alpha value is -1.33. The highest BCUT2D eigenvalue weighted by atomic mass is 16.1. The maximum Gasteiger partial charge on any atom is 0.219 e. The minimum Gasteiger partial charge on any atom is -0.412 e. The molecule has 0 bridgehead atoms. The van der Waals surface area contributed by atoms with Gasteiger partial charge >= 0.3 is 0 Å². The number of rotatable bonds is 4. The van der Waals surface area contributed by atoms with Crippen LogP contribution in [0.4, 0.5) is 0 Å². The second-order valence-corrected chi connectivity index (χ2v) is 3.33. The number of nitrogens with two attached hydrogens (primary N) is 1. The van der Waals surface area contributed by atoms with Gasteiger partial charge in [0.25, 0.3) is 0 Å². The maximum atomic E-state index is 10.7. The fourth-order valence-corrected chi connectivity index (χ4v) is 1.17. The van der Waals surface area contributed by atoms with Crippen LogP contribution >= 0.6 is 0 Å². The van der Waals surface area contributed by atoms with Crippen molar-refractivity contribution >= 4 is 18.6 Å². The summed E-state index contributed by atoms with van der Waals surface area (Å²) >= 11 is 0. The standard InChI is InChI=1S/C10H14BNO.2H2O/c1-8(10(12)13)7-11-9-5-3-2-4-6-9;;/h2-6,8,11H,7H2,1H3,(H2,12,13);2*1H2. The van der Waals surface area contributed by atoms with Crippen molar-refractivity contribution in [2.24, 2.45) is 11.7 Å². The molecule has 15 heavy (non-hydrogen) atoms. The topological polar surface area (TPSA) is 106 Å². The van der Waals surface area contributed by atoms with E-state index in [-0.39, 0.29) is 22.8 Å². The Balaban J connectivity index is 0. The predicted molar refractivity (Wildman–Crippen MR) is 63.6 cm³/mol. The number of benzene rings is 1. The van der Waals surface area contributed by atoms with Crippen LogP contribution in [-0.2, 0) is 4.79 Å². The Morgan fingerprint density at radius 1 is 1.33 bits per heavy atom. The summed E-state index contributed by atoms with van der Waals surface area (Å²) in [6.07, 6.45) is 0.833. The number of hydrogen-bond donors (Lipinski definition) is 1. The van der Waals surface area contributed by atoms with Gasteiger partial charge in [-0.25, -0.2) is 0 Å². The molecule has 0 fully saturated rings. The molecule has 84 valence electrons. The highest BCUT2D eigenvalue weighted by Gasteiger charge is 2.08. The van der Waals surface area contributed by atoms with E-state index < -0.39 is 0 Å². The predicted octanol–water partition coefficient (Wildman–Crippen LogP) is -1.36. The first-order valence-corrected chi connectivity index (χ1v) is 4.53. The van der Waals surface area contributed by atoms with Gasteiger partial charge in [-0.2, -0.15) is 0 Å². The molecule has 0 saturated heterocycles. The van der Waals surface area contributed by atoms with Crippen LogP contribution in [0.3, 0.4) is 0 Å². The summed E-state index contributed by atoms with van der Waals surface area (Å²) in [5.41, 5.74) is 6.42. The normalized spacial score (nSPS) is 10.5. The van der Waals surface area contributed by atoms with Crippen LogP contribution in [0.1, 0.15) is 6.92 Å². The lowest BCUT2D eigenvalue weighted by Gasteiger charge is -2.04. The molecule has 0 aliphatic heterocycles. The van der Waals surface area contributed by atoms with Crippen molar-refractivity contribution in [2.45, 2.75) is 13.2 Å². The summed E-state index contributed by atoms with van der Waals surface area (Å²) in [4.78, 5) is 10.7. The van der Waals surface area contributed by atoms with E-state index in [4.69, 9.17) is 5.73 Å². The lowest BCUT2D eigenvalue weighted by atomic mass is 9.64. The first-order chi connectivity index (χ1) is 6.20. The molecule has 0 aliphatic carbocycles. The third-order valence-corrected chi connectivity index (χ3v) is 2.19. The summed E-state index contributed by atoms with van der Waals surface area (Å²) in [6.45, 7) is 1.87. The molecule has 0 spiro atoms. The van der Waals surface area contributed by atoms with Crippen LogP contribution in [-0.4, -0.2) is 24.1 Å². The van der Waals surface area contributed by atoms with E-state index in [1.54, 1.807) is 0 Å². The molecule has 1 unspecified atom stereocenters. The molecule has 0 radical (unpaired) electrons. The highest BCUT2D eigenvalue weighted by Crippen LogP contribution is 1.99. The number of primary amides is 1. The van der Waals surface area contributed by atoms with Gasteiger partial charge in [-0.1, -0.05) is 49.0 Å². The maximum absolute atomic E-state index is 10.7. The quantitative estimate of drug-likeness (QED) is 0.610. The van der Waals surface area contributed by atoms with E-state index in [1.165, 1.54) is 5.46 Å². The molecule has 0 aliphatic rings. The van der Waals surface area contributed by atoms with Gasteiger partial charge in [-0.3, -0.25) is 4.79 Å².